The van der Waals surface area contributed by atoms with E-state index in [0.29, 0.717) is 5.95 Å². The lowest BCUT2D eigenvalue weighted by atomic mass is 10.3. The molecular formula is C9H11N5. The average molecular weight is 189 g/mol. The van der Waals surface area contributed by atoms with Crippen molar-refractivity contribution in [2.75, 3.05) is 5.73 Å². The van der Waals surface area contributed by atoms with E-state index < -0.39 is 0 Å². The molecule has 0 aliphatic carbocycles. The summed E-state index contributed by atoms with van der Waals surface area (Å²) in [5.41, 5.74) is 6.43. The van der Waals surface area contributed by atoms with Crippen LogP contribution in [0.3, 0.4) is 0 Å². The number of nitrogens with two attached hydrogens (primary N) is 1. The van der Waals surface area contributed by atoms with Gasteiger partial charge in [0, 0.05) is 24.9 Å². The van der Waals surface area contributed by atoms with E-state index in [9.17, 15) is 0 Å². The highest BCUT2D eigenvalue weighted by Crippen LogP contribution is 1.97. The fraction of sp³-hybridized carbons (Fsp3) is 0.222. The minimum Gasteiger partial charge on any atom is -0.367 e. The molecule has 0 spiro atoms. The van der Waals surface area contributed by atoms with Crippen molar-refractivity contribution < 1.29 is 0 Å². The molecule has 0 unspecified atom stereocenters. The summed E-state index contributed by atoms with van der Waals surface area (Å²) in [7, 11) is 0. The van der Waals surface area contributed by atoms with Crippen LogP contribution in [-0.4, -0.2) is 19.7 Å². The summed E-state index contributed by atoms with van der Waals surface area (Å²) in [4.78, 5) is 8.05. The van der Waals surface area contributed by atoms with Gasteiger partial charge >= 0.3 is 0 Å². The summed E-state index contributed by atoms with van der Waals surface area (Å²) in [6, 6.07) is 5.86. The first-order chi connectivity index (χ1) is 6.84. The fourth-order valence-corrected chi connectivity index (χ4v) is 1.19. The van der Waals surface area contributed by atoms with Gasteiger partial charge in [-0.3, -0.25) is 9.67 Å². The van der Waals surface area contributed by atoms with E-state index in [1.54, 1.807) is 17.2 Å². The molecule has 2 aromatic rings. The van der Waals surface area contributed by atoms with Crippen molar-refractivity contribution in [1.82, 2.24) is 19.7 Å². The second-order valence-corrected chi connectivity index (χ2v) is 2.94. The van der Waals surface area contributed by atoms with Crippen LogP contribution in [-0.2, 0) is 13.0 Å². The monoisotopic (exact) mass is 189 g/mol. The Morgan fingerprint density at radius 3 is 2.86 bits per heavy atom. The average Bonchev–Trinajstić information content (AvgIpc) is 2.63. The lowest BCUT2D eigenvalue weighted by molar-refractivity contribution is 0.609. The van der Waals surface area contributed by atoms with E-state index in [-0.39, 0.29) is 0 Å². The van der Waals surface area contributed by atoms with Crippen LogP contribution in [0.25, 0.3) is 0 Å². The van der Waals surface area contributed by atoms with Gasteiger partial charge in [-0.05, 0) is 12.1 Å². The van der Waals surface area contributed by atoms with Crippen LogP contribution in [0.2, 0.25) is 0 Å². The van der Waals surface area contributed by atoms with Gasteiger partial charge in [-0.1, -0.05) is 6.07 Å². The van der Waals surface area contributed by atoms with Crippen molar-refractivity contribution in [1.29, 1.82) is 0 Å². The Balaban J connectivity index is 1.95. The van der Waals surface area contributed by atoms with Crippen molar-refractivity contribution in [2.45, 2.75) is 13.0 Å². The van der Waals surface area contributed by atoms with E-state index in [1.807, 2.05) is 18.2 Å². The minimum absolute atomic E-state index is 0.311. The Kier molecular flexibility index (Phi) is 2.40. The molecule has 0 bridgehead atoms. The second kappa shape index (κ2) is 3.87. The maximum Gasteiger partial charge on any atom is 0.239 e. The third-order valence-electron chi connectivity index (χ3n) is 1.88. The largest absolute Gasteiger partial charge is 0.367 e. The van der Waals surface area contributed by atoms with E-state index >= 15 is 0 Å². The number of pyridine rings is 1. The molecule has 2 rings (SSSR count). The number of nitrogens with zero attached hydrogens (tertiary/aromatic N) is 4. The number of rotatable bonds is 3. The van der Waals surface area contributed by atoms with Crippen molar-refractivity contribution >= 4 is 5.95 Å². The third kappa shape index (κ3) is 2.07. The maximum atomic E-state index is 5.39. The van der Waals surface area contributed by atoms with Gasteiger partial charge in [-0.15, -0.1) is 5.10 Å². The first-order valence-electron chi connectivity index (χ1n) is 4.39. The van der Waals surface area contributed by atoms with Gasteiger partial charge in [-0.2, -0.15) is 0 Å². The molecule has 2 aromatic heterocycles. The van der Waals surface area contributed by atoms with E-state index in [4.69, 9.17) is 5.73 Å². The zero-order valence-electron chi connectivity index (χ0n) is 7.67. The number of hydrogen-bond acceptors (Lipinski definition) is 4. The molecule has 5 heteroatoms. The second-order valence-electron chi connectivity index (χ2n) is 2.94. The SMILES string of the molecule is Nc1ncn(CCc2ccccn2)n1. The summed E-state index contributed by atoms with van der Waals surface area (Å²) in [5, 5.41) is 3.98. The molecule has 0 saturated carbocycles. The highest BCUT2D eigenvalue weighted by atomic mass is 15.3. The van der Waals surface area contributed by atoms with Crippen LogP contribution < -0.4 is 5.73 Å². The Morgan fingerprint density at radius 1 is 1.29 bits per heavy atom. The summed E-state index contributed by atoms with van der Waals surface area (Å²) >= 11 is 0. The molecule has 0 aromatic carbocycles. The van der Waals surface area contributed by atoms with Crippen LogP contribution >= 0.6 is 0 Å². The third-order valence-corrected chi connectivity index (χ3v) is 1.88. The van der Waals surface area contributed by atoms with Gasteiger partial charge in [0.25, 0.3) is 0 Å². The quantitative estimate of drug-likeness (QED) is 0.763. The predicted molar refractivity (Wildman–Crippen MR) is 52.4 cm³/mol. The van der Waals surface area contributed by atoms with E-state index in [2.05, 4.69) is 15.1 Å². The number of anilines is 1. The summed E-state index contributed by atoms with van der Waals surface area (Å²) < 4.78 is 1.71. The zero-order valence-corrected chi connectivity index (χ0v) is 7.67. The molecule has 2 N–H and O–H groups in total. The molecule has 0 amide bonds. The normalized spacial score (nSPS) is 10.3. The summed E-state index contributed by atoms with van der Waals surface area (Å²) in [6.07, 6.45) is 4.24. The van der Waals surface area contributed by atoms with Crippen LogP contribution in [0.15, 0.2) is 30.7 Å². The van der Waals surface area contributed by atoms with E-state index in [1.165, 1.54) is 0 Å². The molecule has 72 valence electrons. The lowest BCUT2D eigenvalue weighted by Crippen LogP contribution is -2.03. The Labute approximate surface area is 81.6 Å². The molecule has 0 radical (unpaired) electrons. The topological polar surface area (TPSA) is 69.6 Å². The van der Waals surface area contributed by atoms with Crippen LogP contribution in [0, 0.1) is 0 Å². The number of nitrogen functional groups attached to an aromatic ring is 1. The van der Waals surface area contributed by atoms with Gasteiger partial charge in [0.05, 0.1) is 0 Å². The molecule has 5 nitrogen and oxygen atoms in total. The van der Waals surface area contributed by atoms with Crippen LogP contribution in [0.4, 0.5) is 5.95 Å². The maximum absolute atomic E-state index is 5.39. The Morgan fingerprint density at radius 2 is 2.21 bits per heavy atom. The molecule has 14 heavy (non-hydrogen) atoms. The number of aryl methyl sites for hydroxylation is 2. The fourth-order valence-electron chi connectivity index (χ4n) is 1.19. The number of aromatic nitrogens is 4. The van der Waals surface area contributed by atoms with Gasteiger partial charge in [0.2, 0.25) is 5.95 Å². The molecule has 2 heterocycles. The lowest BCUT2D eigenvalue weighted by Gasteiger charge is -1.99. The van der Waals surface area contributed by atoms with Crippen molar-refractivity contribution in [2.24, 2.45) is 0 Å². The van der Waals surface area contributed by atoms with Gasteiger partial charge < -0.3 is 5.73 Å². The van der Waals surface area contributed by atoms with Crippen molar-refractivity contribution in [3.05, 3.63) is 36.4 Å². The highest BCUT2D eigenvalue weighted by molar-refractivity contribution is 5.09. The first-order valence-corrected chi connectivity index (χ1v) is 4.39. The van der Waals surface area contributed by atoms with Gasteiger partial charge in [0.1, 0.15) is 6.33 Å². The molecule has 0 atom stereocenters. The minimum atomic E-state index is 0.311. The molecule has 0 fully saturated rings. The summed E-state index contributed by atoms with van der Waals surface area (Å²) in [6.45, 7) is 0.751. The van der Waals surface area contributed by atoms with Crippen LogP contribution in [0.5, 0.6) is 0 Å². The smallest absolute Gasteiger partial charge is 0.239 e. The molecule has 0 aliphatic heterocycles. The highest BCUT2D eigenvalue weighted by Gasteiger charge is 1.97. The van der Waals surface area contributed by atoms with Gasteiger partial charge in [-0.25, -0.2) is 4.98 Å². The Hall–Kier alpha value is -1.91. The molecular weight excluding hydrogens is 178 g/mol. The van der Waals surface area contributed by atoms with Crippen molar-refractivity contribution in [3.8, 4) is 0 Å². The Bertz CT molecular complexity index is 395. The predicted octanol–water partition coefficient (Wildman–Crippen LogP) is 0.498. The van der Waals surface area contributed by atoms with Gasteiger partial charge in [0.15, 0.2) is 0 Å². The molecule has 0 aliphatic rings. The van der Waals surface area contributed by atoms with E-state index in [0.717, 1.165) is 18.7 Å². The molecule has 0 saturated heterocycles. The standard InChI is InChI=1S/C9H11N5/c10-9-12-7-14(13-9)6-4-8-3-1-2-5-11-8/h1-3,5,7H,4,6H2,(H2,10,13). The number of hydrogen-bond donors (Lipinski definition) is 1. The first kappa shape index (κ1) is 8.68. The zero-order chi connectivity index (χ0) is 9.80. The summed E-state index contributed by atoms with van der Waals surface area (Å²) in [5.74, 6) is 0.311. The van der Waals surface area contributed by atoms with Crippen LogP contribution in [0.1, 0.15) is 5.69 Å². The van der Waals surface area contributed by atoms with Crippen molar-refractivity contribution in [3.63, 3.8) is 0 Å².